The van der Waals surface area contributed by atoms with Crippen molar-refractivity contribution in [1.82, 2.24) is 0 Å². The van der Waals surface area contributed by atoms with Crippen LogP contribution in [0.25, 0.3) is 11.0 Å². The fraction of sp³-hybridized carbons (Fsp3) is 0.154. The lowest BCUT2D eigenvalue weighted by atomic mass is 9.97. The van der Waals surface area contributed by atoms with Crippen LogP contribution in [0.4, 0.5) is 5.69 Å². The molecule has 0 saturated heterocycles. The summed E-state index contributed by atoms with van der Waals surface area (Å²) in [5.41, 5.74) is 3.36. The molecule has 1 atom stereocenters. The summed E-state index contributed by atoms with van der Waals surface area (Å²) in [5.74, 6) is 0.457. The number of hydrogen-bond acceptors (Lipinski definition) is 7. The van der Waals surface area contributed by atoms with Crippen LogP contribution in [0, 0.1) is 6.92 Å². The SMILES string of the molecule is COc1cc([C@@H]2CC(c3c(O)ccc4c(C)cc(=O)oc34)=Nc3ccccc3S2)ccc1O. The molecular formula is C26H21NO5S. The molecule has 1 aliphatic heterocycles. The molecule has 5 rings (SSSR count). The van der Waals surface area contributed by atoms with Gasteiger partial charge in [-0.15, -0.1) is 11.8 Å². The lowest BCUT2D eigenvalue weighted by Crippen LogP contribution is -2.09. The number of aryl methyl sites for hydroxylation is 1. The van der Waals surface area contributed by atoms with Gasteiger partial charge in [-0.2, -0.15) is 0 Å². The van der Waals surface area contributed by atoms with E-state index in [9.17, 15) is 15.0 Å². The van der Waals surface area contributed by atoms with Crippen molar-refractivity contribution < 1.29 is 19.4 Å². The first kappa shape index (κ1) is 21.2. The third kappa shape index (κ3) is 3.85. The monoisotopic (exact) mass is 459 g/mol. The lowest BCUT2D eigenvalue weighted by Gasteiger charge is -2.18. The molecule has 7 heteroatoms. The summed E-state index contributed by atoms with van der Waals surface area (Å²) in [7, 11) is 1.51. The van der Waals surface area contributed by atoms with E-state index in [-0.39, 0.29) is 16.7 Å². The second-order valence-corrected chi connectivity index (χ2v) is 9.10. The third-order valence-corrected chi connectivity index (χ3v) is 7.05. The van der Waals surface area contributed by atoms with E-state index < -0.39 is 5.63 Å². The molecule has 2 heterocycles. The maximum absolute atomic E-state index is 12.2. The standard InChI is InChI=1S/C26H21NO5S/c1-14-11-24(30)32-26-16(14)8-10-20(29)25(26)18-13-23(15-7-9-19(28)21(12-15)31-2)33-22-6-4-3-5-17(22)27-18/h3-12,23,28-29H,13H2,1-2H3/t23-/m0/s1. The minimum Gasteiger partial charge on any atom is -0.507 e. The molecule has 1 aromatic heterocycles. The quantitative estimate of drug-likeness (QED) is 0.372. The van der Waals surface area contributed by atoms with E-state index in [2.05, 4.69) is 0 Å². The normalized spacial score (nSPS) is 15.6. The minimum absolute atomic E-state index is 0.00131. The van der Waals surface area contributed by atoms with Crippen LogP contribution in [0.1, 0.15) is 28.4 Å². The molecule has 166 valence electrons. The van der Waals surface area contributed by atoms with Gasteiger partial charge in [0.05, 0.1) is 24.1 Å². The molecule has 0 bridgehead atoms. The van der Waals surface area contributed by atoms with Crippen molar-refractivity contribution in [3.8, 4) is 17.2 Å². The molecular weight excluding hydrogens is 438 g/mol. The topological polar surface area (TPSA) is 92.3 Å². The van der Waals surface area contributed by atoms with Gasteiger partial charge in [0, 0.05) is 28.0 Å². The number of aliphatic imine (C=N–C) groups is 1. The largest absolute Gasteiger partial charge is 0.507 e. The average Bonchev–Trinajstić information content (AvgIpc) is 2.98. The molecule has 0 fully saturated rings. The molecule has 1 aliphatic rings. The molecule has 0 spiro atoms. The van der Waals surface area contributed by atoms with Crippen LogP contribution in [0.2, 0.25) is 0 Å². The zero-order chi connectivity index (χ0) is 23.1. The highest BCUT2D eigenvalue weighted by Crippen LogP contribution is 2.47. The second-order valence-electron chi connectivity index (χ2n) is 7.85. The zero-order valence-electron chi connectivity index (χ0n) is 18.0. The second kappa shape index (κ2) is 8.33. The first-order chi connectivity index (χ1) is 15.9. The molecule has 0 unspecified atom stereocenters. The van der Waals surface area contributed by atoms with Crippen LogP contribution < -0.4 is 10.4 Å². The Kier molecular flexibility index (Phi) is 5.34. The van der Waals surface area contributed by atoms with E-state index in [0.29, 0.717) is 29.0 Å². The number of nitrogens with zero attached hydrogens (tertiary/aromatic N) is 1. The number of fused-ring (bicyclic) bond motifs is 2. The zero-order valence-corrected chi connectivity index (χ0v) is 18.8. The smallest absolute Gasteiger partial charge is 0.336 e. The average molecular weight is 460 g/mol. The number of para-hydroxylation sites is 1. The molecule has 0 saturated carbocycles. The molecule has 6 nitrogen and oxygen atoms in total. The van der Waals surface area contributed by atoms with Gasteiger partial charge in [-0.05, 0) is 54.4 Å². The number of rotatable bonds is 3. The number of thioether (sulfide) groups is 1. The van der Waals surface area contributed by atoms with Gasteiger partial charge < -0.3 is 19.4 Å². The number of phenols is 2. The Labute approximate surface area is 194 Å². The maximum atomic E-state index is 12.2. The van der Waals surface area contributed by atoms with Gasteiger partial charge in [0.15, 0.2) is 17.1 Å². The van der Waals surface area contributed by atoms with Gasteiger partial charge in [-0.1, -0.05) is 18.2 Å². The summed E-state index contributed by atoms with van der Waals surface area (Å²) in [4.78, 5) is 18.1. The van der Waals surface area contributed by atoms with Crippen molar-refractivity contribution in [3.05, 3.63) is 87.8 Å². The maximum Gasteiger partial charge on any atom is 0.336 e. The van der Waals surface area contributed by atoms with Crippen molar-refractivity contribution in [2.45, 2.75) is 23.5 Å². The van der Waals surface area contributed by atoms with Crippen LogP contribution in [0.3, 0.4) is 0 Å². The Morgan fingerprint density at radius 2 is 1.85 bits per heavy atom. The van der Waals surface area contributed by atoms with E-state index in [4.69, 9.17) is 14.1 Å². The van der Waals surface area contributed by atoms with Crippen LogP contribution in [-0.2, 0) is 0 Å². The summed E-state index contributed by atoms with van der Waals surface area (Å²) < 4.78 is 10.9. The van der Waals surface area contributed by atoms with Gasteiger partial charge in [-0.25, -0.2) is 4.79 Å². The predicted molar refractivity (Wildman–Crippen MR) is 129 cm³/mol. The molecule has 3 aromatic carbocycles. The number of hydrogen-bond donors (Lipinski definition) is 2. The molecule has 2 N–H and O–H groups in total. The van der Waals surface area contributed by atoms with E-state index in [1.807, 2.05) is 43.3 Å². The van der Waals surface area contributed by atoms with Gasteiger partial charge in [0.1, 0.15) is 5.75 Å². The Morgan fingerprint density at radius 1 is 1.06 bits per heavy atom. The first-order valence-electron chi connectivity index (χ1n) is 10.4. The number of methoxy groups -OCH3 is 1. The Morgan fingerprint density at radius 3 is 2.67 bits per heavy atom. The van der Waals surface area contributed by atoms with Crippen molar-refractivity contribution >= 4 is 34.1 Å². The van der Waals surface area contributed by atoms with E-state index in [1.165, 1.54) is 13.2 Å². The third-order valence-electron chi connectivity index (χ3n) is 5.73. The number of aromatic hydroxyl groups is 2. The summed E-state index contributed by atoms with van der Waals surface area (Å²) in [6, 6.07) is 17.9. The van der Waals surface area contributed by atoms with Gasteiger partial charge >= 0.3 is 5.63 Å². The van der Waals surface area contributed by atoms with Crippen molar-refractivity contribution in [3.63, 3.8) is 0 Å². The first-order valence-corrected chi connectivity index (χ1v) is 11.3. The molecule has 0 amide bonds. The predicted octanol–water partition coefficient (Wildman–Crippen LogP) is 5.88. The van der Waals surface area contributed by atoms with Crippen molar-refractivity contribution in [1.29, 1.82) is 0 Å². The summed E-state index contributed by atoms with van der Waals surface area (Å²) >= 11 is 1.65. The number of benzene rings is 3. The molecule has 33 heavy (non-hydrogen) atoms. The minimum atomic E-state index is -0.476. The molecule has 0 radical (unpaired) electrons. The van der Waals surface area contributed by atoms with Crippen LogP contribution in [0.15, 0.2) is 79.8 Å². The summed E-state index contributed by atoms with van der Waals surface area (Å²) in [5, 5.41) is 21.6. The highest BCUT2D eigenvalue weighted by molar-refractivity contribution is 7.99. The summed E-state index contributed by atoms with van der Waals surface area (Å²) in [6.07, 6.45) is 0.456. The van der Waals surface area contributed by atoms with Gasteiger partial charge in [0.2, 0.25) is 0 Å². The van der Waals surface area contributed by atoms with Crippen molar-refractivity contribution in [2.75, 3.05) is 7.11 Å². The highest BCUT2D eigenvalue weighted by Gasteiger charge is 2.27. The van der Waals surface area contributed by atoms with Gasteiger partial charge in [0.25, 0.3) is 0 Å². The van der Waals surface area contributed by atoms with E-state index in [1.54, 1.807) is 30.0 Å². The number of phenolic OH excluding ortho intramolecular Hbond substituents is 2. The van der Waals surface area contributed by atoms with Crippen LogP contribution in [0.5, 0.6) is 17.2 Å². The fourth-order valence-corrected chi connectivity index (χ4v) is 5.32. The molecule has 4 aromatic rings. The Balaban J connectivity index is 1.73. The fourth-order valence-electron chi connectivity index (χ4n) is 4.10. The van der Waals surface area contributed by atoms with Gasteiger partial charge in [-0.3, -0.25) is 4.99 Å². The van der Waals surface area contributed by atoms with Crippen LogP contribution >= 0.6 is 11.8 Å². The molecule has 0 aliphatic carbocycles. The number of ether oxygens (including phenoxy) is 1. The van der Waals surface area contributed by atoms with Crippen LogP contribution in [-0.4, -0.2) is 23.0 Å². The summed E-state index contributed by atoms with van der Waals surface area (Å²) in [6.45, 7) is 1.84. The Hall–Kier alpha value is -3.71. The van der Waals surface area contributed by atoms with E-state index >= 15 is 0 Å². The van der Waals surface area contributed by atoms with E-state index in [0.717, 1.165) is 27.1 Å². The van der Waals surface area contributed by atoms with Crippen molar-refractivity contribution in [2.24, 2.45) is 4.99 Å². The Bertz CT molecular complexity index is 1470. The lowest BCUT2D eigenvalue weighted by molar-refractivity contribution is 0.373. The highest BCUT2D eigenvalue weighted by atomic mass is 32.2.